The first-order valence-electron chi connectivity index (χ1n) is 8.15. The average molecular weight is 379 g/mol. The van der Waals surface area contributed by atoms with Gasteiger partial charge in [0.25, 0.3) is 0 Å². The molecule has 0 aromatic heterocycles. The van der Waals surface area contributed by atoms with Gasteiger partial charge in [0.15, 0.2) is 5.11 Å². The van der Waals surface area contributed by atoms with Crippen molar-refractivity contribution in [3.63, 3.8) is 0 Å². The van der Waals surface area contributed by atoms with Gasteiger partial charge in [-0.1, -0.05) is 29.8 Å². The van der Waals surface area contributed by atoms with Crippen LogP contribution in [0.5, 0.6) is 5.75 Å². The van der Waals surface area contributed by atoms with E-state index in [1.54, 1.807) is 7.11 Å². The number of benzene rings is 2. The monoisotopic (exact) mass is 378 g/mol. The zero-order chi connectivity index (χ0) is 18.4. The number of anilines is 1. The molecular weight excluding hydrogens is 354 g/mol. The van der Waals surface area contributed by atoms with E-state index < -0.39 is 0 Å². The third-order valence-corrected chi connectivity index (χ3v) is 4.74. The molecule has 0 aliphatic rings. The lowest BCUT2D eigenvalue weighted by molar-refractivity contribution is -0.890. The summed E-state index contributed by atoms with van der Waals surface area (Å²) in [5.41, 5.74) is 3.12. The highest BCUT2D eigenvalue weighted by Crippen LogP contribution is 2.20. The normalized spacial score (nSPS) is 11.9. The van der Waals surface area contributed by atoms with Crippen LogP contribution in [0, 0.1) is 6.92 Å². The largest absolute Gasteiger partial charge is 0.497 e. The molecule has 134 valence electrons. The Bertz CT molecular complexity index is 736. The number of hydrogen-bond donors (Lipinski definition) is 3. The number of rotatable bonds is 6. The van der Waals surface area contributed by atoms with E-state index in [1.807, 2.05) is 37.3 Å². The Labute approximate surface area is 160 Å². The van der Waals surface area contributed by atoms with E-state index in [0.29, 0.717) is 11.7 Å². The molecule has 0 saturated carbocycles. The number of nitrogens with one attached hydrogen (secondary N) is 3. The molecule has 25 heavy (non-hydrogen) atoms. The van der Waals surface area contributed by atoms with Crippen LogP contribution >= 0.6 is 23.8 Å². The highest BCUT2D eigenvalue weighted by atomic mass is 35.5. The first-order valence-corrected chi connectivity index (χ1v) is 8.94. The summed E-state index contributed by atoms with van der Waals surface area (Å²) in [4.78, 5) is 1.31. The molecule has 2 aromatic carbocycles. The van der Waals surface area contributed by atoms with Gasteiger partial charge in [-0.25, -0.2) is 0 Å². The summed E-state index contributed by atoms with van der Waals surface area (Å²) in [6.07, 6.45) is 0. The van der Waals surface area contributed by atoms with Crippen LogP contribution < -0.4 is 20.3 Å². The van der Waals surface area contributed by atoms with E-state index in [0.717, 1.165) is 22.0 Å². The van der Waals surface area contributed by atoms with E-state index >= 15 is 0 Å². The standard InChI is InChI=1S/C19H24ClN3OS/c1-13-8-9-15(11-17(13)20)22-19(25)21-12-18(23(2)3)14-6-5-7-16(10-14)24-4/h5-11,18H,12H2,1-4H3,(H2,21,22,25)/p+1/t18-/m1/s1. The van der Waals surface area contributed by atoms with Crippen LogP contribution in [0.2, 0.25) is 5.02 Å². The highest BCUT2D eigenvalue weighted by molar-refractivity contribution is 7.80. The van der Waals surface area contributed by atoms with Gasteiger partial charge < -0.3 is 20.3 Å². The molecule has 2 aromatic rings. The van der Waals surface area contributed by atoms with Gasteiger partial charge in [-0.3, -0.25) is 0 Å². The molecule has 0 spiro atoms. The fourth-order valence-corrected chi connectivity index (χ4v) is 2.94. The van der Waals surface area contributed by atoms with E-state index in [9.17, 15) is 0 Å². The Hall–Kier alpha value is -1.82. The number of methoxy groups -OCH3 is 1. The molecule has 0 saturated heterocycles. The summed E-state index contributed by atoms with van der Waals surface area (Å²) in [6, 6.07) is 14.2. The molecule has 0 aliphatic carbocycles. The Balaban J connectivity index is 2.00. The van der Waals surface area contributed by atoms with E-state index in [-0.39, 0.29) is 6.04 Å². The van der Waals surface area contributed by atoms with Gasteiger partial charge in [-0.15, -0.1) is 0 Å². The molecule has 0 amide bonds. The summed E-state index contributed by atoms with van der Waals surface area (Å²) in [5.74, 6) is 0.860. The Morgan fingerprint density at radius 1 is 1.24 bits per heavy atom. The minimum atomic E-state index is 0.247. The smallest absolute Gasteiger partial charge is 0.171 e. The minimum Gasteiger partial charge on any atom is -0.497 e. The van der Waals surface area contributed by atoms with Crippen molar-refractivity contribution < 1.29 is 9.64 Å². The molecule has 2 rings (SSSR count). The zero-order valence-corrected chi connectivity index (χ0v) is 16.6. The molecule has 0 fully saturated rings. The molecule has 4 nitrogen and oxygen atoms in total. The second-order valence-corrected chi connectivity index (χ2v) is 7.02. The molecule has 0 radical (unpaired) electrons. The fourth-order valence-electron chi connectivity index (χ4n) is 2.55. The fraction of sp³-hybridized carbons (Fsp3) is 0.316. The van der Waals surface area contributed by atoms with Crippen molar-refractivity contribution in [2.24, 2.45) is 0 Å². The SMILES string of the molecule is COc1cccc([C@@H](CNC(=S)Nc2ccc(C)c(Cl)c2)[NH+](C)C)c1. The van der Waals surface area contributed by atoms with Crippen molar-refractivity contribution >= 4 is 34.6 Å². The number of ether oxygens (including phenoxy) is 1. The number of halogens is 1. The van der Waals surface area contributed by atoms with Gasteiger partial charge in [-0.2, -0.15) is 0 Å². The Morgan fingerprint density at radius 2 is 2.00 bits per heavy atom. The topological polar surface area (TPSA) is 37.7 Å². The summed E-state index contributed by atoms with van der Waals surface area (Å²) in [6.45, 7) is 2.68. The minimum absolute atomic E-state index is 0.247. The van der Waals surface area contributed by atoms with Crippen molar-refractivity contribution in [2.45, 2.75) is 13.0 Å². The predicted octanol–water partition coefficient (Wildman–Crippen LogP) is 2.83. The summed E-state index contributed by atoms with van der Waals surface area (Å²) in [7, 11) is 5.94. The number of quaternary nitrogens is 1. The zero-order valence-electron chi connectivity index (χ0n) is 15.0. The number of thiocarbonyl (C=S) groups is 1. The van der Waals surface area contributed by atoms with E-state index in [4.69, 9.17) is 28.6 Å². The molecule has 3 N–H and O–H groups in total. The van der Waals surface area contributed by atoms with Crippen molar-refractivity contribution in [1.29, 1.82) is 0 Å². The van der Waals surface area contributed by atoms with Gasteiger partial charge >= 0.3 is 0 Å². The number of aryl methyl sites for hydroxylation is 1. The van der Waals surface area contributed by atoms with Crippen molar-refractivity contribution in [1.82, 2.24) is 5.32 Å². The van der Waals surface area contributed by atoms with Gasteiger partial charge in [0.2, 0.25) is 0 Å². The summed E-state index contributed by atoms with van der Waals surface area (Å²) in [5, 5.41) is 7.78. The second kappa shape index (κ2) is 9.04. The van der Waals surface area contributed by atoms with Crippen LogP contribution in [0.3, 0.4) is 0 Å². The van der Waals surface area contributed by atoms with Crippen molar-refractivity contribution in [2.75, 3.05) is 33.1 Å². The molecule has 1 atom stereocenters. The lowest BCUT2D eigenvalue weighted by Gasteiger charge is -2.23. The Morgan fingerprint density at radius 3 is 2.64 bits per heavy atom. The van der Waals surface area contributed by atoms with Crippen molar-refractivity contribution in [3.8, 4) is 5.75 Å². The molecular formula is C19H25ClN3OS+. The molecule has 6 heteroatoms. The Kier molecular flexibility index (Phi) is 7.05. The average Bonchev–Trinajstić information content (AvgIpc) is 2.58. The van der Waals surface area contributed by atoms with Crippen LogP contribution in [0.1, 0.15) is 17.2 Å². The lowest BCUT2D eigenvalue weighted by Crippen LogP contribution is -3.07. The highest BCUT2D eigenvalue weighted by Gasteiger charge is 2.18. The molecule has 0 heterocycles. The number of likely N-dealkylation sites (N-methyl/N-ethyl adjacent to an activating group) is 1. The maximum absolute atomic E-state index is 6.16. The summed E-state index contributed by atoms with van der Waals surface area (Å²) >= 11 is 11.6. The van der Waals surface area contributed by atoms with Gasteiger partial charge in [-0.05, 0) is 49.0 Å². The van der Waals surface area contributed by atoms with Crippen LogP contribution in [-0.2, 0) is 0 Å². The van der Waals surface area contributed by atoms with Gasteiger partial charge in [0.1, 0.15) is 11.8 Å². The van der Waals surface area contributed by atoms with E-state index in [2.05, 4.69) is 36.9 Å². The molecule has 0 bridgehead atoms. The van der Waals surface area contributed by atoms with Crippen LogP contribution in [0.4, 0.5) is 5.69 Å². The van der Waals surface area contributed by atoms with Crippen LogP contribution in [0.25, 0.3) is 0 Å². The maximum Gasteiger partial charge on any atom is 0.171 e. The third-order valence-electron chi connectivity index (χ3n) is 4.09. The first-order chi connectivity index (χ1) is 11.9. The van der Waals surface area contributed by atoms with Gasteiger partial charge in [0.05, 0.1) is 27.7 Å². The maximum atomic E-state index is 6.16. The lowest BCUT2D eigenvalue weighted by atomic mass is 10.1. The summed E-state index contributed by atoms with van der Waals surface area (Å²) < 4.78 is 5.33. The molecule has 0 unspecified atom stereocenters. The molecule has 0 aliphatic heterocycles. The van der Waals surface area contributed by atoms with E-state index in [1.165, 1.54) is 10.5 Å². The van der Waals surface area contributed by atoms with Crippen LogP contribution in [0.15, 0.2) is 42.5 Å². The third kappa shape index (κ3) is 5.59. The number of hydrogen-bond acceptors (Lipinski definition) is 2. The van der Waals surface area contributed by atoms with Crippen molar-refractivity contribution in [3.05, 3.63) is 58.6 Å². The predicted molar refractivity (Wildman–Crippen MR) is 109 cm³/mol. The van der Waals surface area contributed by atoms with Gasteiger partial charge in [0, 0.05) is 16.3 Å². The quantitative estimate of drug-likeness (QED) is 0.676. The first kappa shape index (κ1) is 19.5. The second-order valence-electron chi connectivity index (χ2n) is 6.21. The van der Waals surface area contributed by atoms with Crippen LogP contribution in [-0.4, -0.2) is 32.9 Å².